The average molecular weight is 897 g/mol. The predicted molar refractivity (Wildman–Crippen MR) is 279 cm³/mol. The maximum atomic E-state index is 12.8. The highest BCUT2D eigenvalue weighted by molar-refractivity contribution is 5.71. The Hall–Kier alpha value is -4.45. The SMILES string of the molecule is CC/C=C\C/C=C\C/C=C\C/C=C\C/C=C\CCCC(=O)OC[C@H](COC(=O)CCCCCCC/C=C\CCCC)OC(=O)CC/C=C\C/C=C\C/C=C\C/C=C\C/C=C\CCCCC. The zero-order chi connectivity index (χ0) is 47.2. The van der Waals surface area contributed by atoms with Crippen LogP contribution in [0, 0.1) is 0 Å². The van der Waals surface area contributed by atoms with Gasteiger partial charge in [0.25, 0.3) is 0 Å². The molecule has 0 fully saturated rings. The molecule has 6 nitrogen and oxygen atoms in total. The van der Waals surface area contributed by atoms with Crippen LogP contribution in [0.15, 0.2) is 134 Å². The molecule has 0 aromatic carbocycles. The third kappa shape index (κ3) is 50.4. The van der Waals surface area contributed by atoms with Crippen molar-refractivity contribution >= 4 is 17.9 Å². The van der Waals surface area contributed by atoms with Gasteiger partial charge in [-0.2, -0.15) is 0 Å². The molecule has 364 valence electrons. The molecule has 0 rings (SSSR count). The van der Waals surface area contributed by atoms with Crippen LogP contribution in [-0.2, 0) is 28.6 Å². The molecule has 0 heterocycles. The monoisotopic (exact) mass is 897 g/mol. The van der Waals surface area contributed by atoms with Crippen molar-refractivity contribution < 1.29 is 28.6 Å². The van der Waals surface area contributed by atoms with Gasteiger partial charge in [-0.15, -0.1) is 0 Å². The molecule has 0 aliphatic heterocycles. The van der Waals surface area contributed by atoms with Crippen molar-refractivity contribution in [2.45, 2.75) is 207 Å². The fraction of sp³-hybridized carbons (Fsp3) is 0.576. The summed E-state index contributed by atoms with van der Waals surface area (Å²) < 4.78 is 16.6. The molecule has 0 aromatic rings. The molecule has 0 spiro atoms. The molecule has 0 saturated heterocycles. The van der Waals surface area contributed by atoms with Crippen molar-refractivity contribution in [2.24, 2.45) is 0 Å². The molecule has 0 N–H and O–H groups in total. The number of carbonyl (C=O) groups is 3. The van der Waals surface area contributed by atoms with E-state index in [0.717, 1.165) is 96.3 Å². The molecule has 0 bridgehead atoms. The van der Waals surface area contributed by atoms with Gasteiger partial charge in [0.1, 0.15) is 13.2 Å². The molecule has 65 heavy (non-hydrogen) atoms. The van der Waals surface area contributed by atoms with Gasteiger partial charge >= 0.3 is 17.9 Å². The number of carbonyl (C=O) groups excluding carboxylic acids is 3. The minimum atomic E-state index is -0.848. The second kappa shape index (κ2) is 52.2. The van der Waals surface area contributed by atoms with Crippen LogP contribution >= 0.6 is 0 Å². The van der Waals surface area contributed by atoms with Crippen LogP contribution in [0.25, 0.3) is 0 Å². The fourth-order valence-electron chi connectivity index (χ4n) is 6.26. The zero-order valence-electron chi connectivity index (χ0n) is 41.4. The van der Waals surface area contributed by atoms with Crippen molar-refractivity contribution in [2.75, 3.05) is 13.2 Å². The van der Waals surface area contributed by atoms with Crippen molar-refractivity contribution in [1.29, 1.82) is 0 Å². The summed E-state index contributed by atoms with van der Waals surface area (Å²) in [6.45, 7) is 6.31. The topological polar surface area (TPSA) is 78.9 Å². The molecule has 0 amide bonds. The number of rotatable bonds is 44. The van der Waals surface area contributed by atoms with E-state index >= 15 is 0 Å². The van der Waals surface area contributed by atoms with Gasteiger partial charge in [-0.1, -0.05) is 199 Å². The number of hydrogen-bond acceptors (Lipinski definition) is 6. The second-order valence-corrected chi connectivity index (χ2v) is 16.3. The largest absolute Gasteiger partial charge is 0.462 e. The molecular weight excluding hydrogens is 805 g/mol. The Bertz CT molecular complexity index is 1450. The number of unbranched alkanes of at least 4 members (excludes halogenated alkanes) is 11. The molecule has 1 atom stereocenters. The Kier molecular flexibility index (Phi) is 48.6. The first kappa shape index (κ1) is 60.5. The zero-order valence-corrected chi connectivity index (χ0v) is 41.4. The molecular formula is C59H92O6. The average Bonchev–Trinajstić information content (AvgIpc) is 3.30. The van der Waals surface area contributed by atoms with Crippen LogP contribution < -0.4 is 0 Å². The fourth-order valence-corrected chi connectivity index (χ4v) is 6.26. The van der Waals surface area contributed by atoms with Crippen LogP contribution in [-0.4, -0.2) is 37.2 Å². The van der Waals surface area contributed by atoms with Crippen LogP contribution in [0.1, 0.15) is 201 Å². The van der Waals surface area contributed by atoms with E-state index in [1.165, 1.54) is 51.4 Å². The minimum Gasteiger partial charge on any atom is -0.462 e. The van der Waals surface area contributed by atoms with Crippen molar-refractivity contribution in [3.8, 4) is 0 Å². The lowest BCUT2D eigenvalue weighted by atomic mass is 10.1. The highest BCUT2D eigenvalue weighted by atomic mass is 16.6. The molecule has 0 aliphatic rings. The molecule has 0 aliphatic carbocycles. The van der Waals surface area contributed by atoms with Crippen molar-refractivity contribution in [3.63, 3.8) is 0 Å². The lowest BCUT2D eigenvalue weighted by molar-refractivity contribution is -0.166. The smallest absolute Gasteiger partial charge is 0.306 e. The highest BCUT2D eigenvalue weighted by Crippen LogP contribution is 2.11. The lowest BCUT2D eigenvalue weighted by Gasteiger charge is -2.18. The third-order valence-corrected chi connectivity index (χ3v) is 10.1. The summed E-state index contributed by atoms with van der Waals surface area (Å²) in [6.07, 6.45) is 73.1. The first-order chi connectivity index (χ1) is 32.0. The lowest BCUT2D eigenvalue weighted by Crippen LogP contribution is -2.30. The number of ether oxygens (including phenoxy) is 3. The van der Waals surface area contributed by atoms with Crippen molar-refractivity contribution in [3.05, 3.63) is 134 Å². The van der Waals surface area contributed by atoms with Gasteiger partial charge in [0, 0.05) is 19.3 Å². The Morgan fingerprint density at radius 2 is 0.662 bits per heavy atom. The van der Waals surface area contributed by atoms with E-state index in [4.69, 9.17) is 14.2 Å². The summed E-state index contributed by atoms with van der Waals surface area (Å²) in [5.41, 5.74) is 0. The minimum absolute atomic E-state index is 0.135. The third-order valence-electron chi connectivity index (χ3n) is 10.1. The summed E-state index contributed by atoms with van der Waals surface area (Å²) in [4.78, 5) is 37.9. The number of allylic oxidation sites excluding steroid dienone is 22. The normalized spacial score (nSPS) is 13.2. The van der Waals surface area contributed by atoms with Crippen LogP contribution in [0.3, 0.4) is 0 Å². The first-order valence-corrected chi connectivity index (χ1v) is 25.7. The second-order valence-electron chi connectivity index (χ2n) is 16.3. The first-order valence-electron chi connectivity index (χ1n) is 25.7. The molecule has 0 aromatic heterocycles. The number of hydrogen-bond donors (Lipinski definition) is 0. The highest BCUT2D eigenvalue weighted by Gasteiger charge is 2.19. The summed E-state index contributed by atoms with van der Waals surface area (Å²) >= 11 is 0. The Morgan fingerprint density at radius 3 is 1.12 bits per heavy atom. The Labute approximate surface area is 398 Å². The van der Waals surface area contributed by atoms with Gasteiger partial charge in [-0.25, -0.2) is 0 Å². The summed E-state index contributed by atoms with van der Waals surface area (Å²) in [7, 11) is 0. The van der Waals surface area contributed by atoms with Crippen molar-refractivity contribution in [1.82, 2.24) is 0 Å². The molecule has 6 heteroatoms. The van der Waals surface area contributed by atoms with Gasteiger partial charge in [-0.3, -0.25) is 14.4 Å². The Morgan fingerprint density at radius 1 is 0.323 bits per heavy atom. The quantitative estimate of drug-likeness (QED) is 0.0262. The van der Waals surface area contributed by atoms with Gasteiger partial charge in [-0.05, 0) is 116 Å². The van der Waals surface area contributed by atoms with Crippen LogP contribution in [0.4, 0.5) is 0 Å². The van der Waals surface area contributed by atoms with Gasteiger partial charge < -0.3 is 14.2 Å². The molecule has 0 radical (unpaired) electrons. The number of esters is 3. The van der Waals surface area contributed by atoms with E-state index in [2.05, 4.69) is 142 Å². The van der Waals surface area contributed by atoms with E-state index in [0.29, 0.717) is 19.3 Å². The van der Waals surface area contributed by atoms with E-state index in [9.17, 15) is 14.4 Å². The van der Waals surface area contributed by atoms with E-state index in [1.807, 2.05) is 12.2 Å². The van der Waals surface area contributed by atoms with E-state index < -0.39 is 12.1 Å². The maximum absolute atomic E-state index is 12.8. The van der Waals surface area contributed by atoms with E-state index in [-0.39, 0.29) is 38.0 Å². The maximum Gasteiger partial charge on any atom is 0.306 e. The standard InChI is InChI=1S/C59H92O6/c1-4-7-10-13-16-19-22-24-26-28-29-31-33-35-38-41-44-47-50-53-59(62)65-56(54-63-57(60)51-48-45-42-39-36-21-18-15-12-9-6-3)55-64-58(61)52-49-46-43-40-37-34-32-30-27-25-23-20-17-14-11-8-5-2/h8,11,15-20,24-27,29,31-32,34-35,38,40,43-44,47,56H,4-7,9-10,12-14,21-23,28,30,33,36-37,39,41-42,45-46,48-55H2,1-3H3/b11-8-,18-15-,19-16-,20-17-,26-24-,27-25-,31-29-,34-32-,38-35-,43-40-,47-44-/t56-/m0/s1. The van der Waals surface area contributed by atoms with E-state index in [1.54, 1.807) is 0 Å². The summed E-state index contributed by atoms with van der Waals surface area (Å²) in [5.74, 6) is -1.10. The predicted octanol–water partition coefficient (Wildman–Crippen LogP) is 17.1. The molecule has 0 unspecified atom stereocenters. The van der Waals surface area contributed by atoms with Gasteiger partial charge in [0.05, 0.1) is 0 Å². The van der Waals surface area contributed by atoms with Gasteiger partial charge in [0.15, 0.2) is 6.10 Å². The van der Waals surface area contributed by atoms with Gasteiger partial charge in [0.2, 0.25) is 0 Å². The molecule has 0 saturated carbocycles. The van der Waals surface area contributed by atoms with Crippen LogP contribution in [0.5, 0.6) is 0 Å². The van der Waals surface area contributed by atoms with Crippen LogP contribution in [0.2, 0.25) is 0 Å². The summed E-state index contributed by atoms with van der Waals surface area (Å²) in [5, 5.41) is 0. The summed E-state index contributed by atoms with van der Waals surface area (Å²) in [6, 6.07) is 0. The Balaban J connectivity index is 4.62.